The Hall–Kier alpha value is -1.39. The van der Waals surface area contributed by atoms with E-state index in [-0.39, 0.29) is 17.7 Å². The molecule has 2 aliphatic carbocycles. The second-order valence-corrected chi connectivity index (χ2v) is 7.19. The van der Waals surface area contributed by atoms with Gasteiger partial charge in [0.1, 0.15) is 0 Å². The zero-order valence-electron chi connectivity index (χ0n) is 11.4. The number of hydrogen-bond donors (Lipinski definition) is 1. The Morgan fingerprint density at radius 3 is 3.00 bits per heavy atom. The van der Waals surface area contributed by atoms with E-state index in [9.17, 15) is 4.79 Å². The van der Waals surface area contributed by atoms with E-state index < -0.39 is 0 Å². The van der Waals surface area contributed by atoms with Gasteiger partial charge in [0, 0.05) is 15.8 Å². The minimum Gasteiger partial charge on any atom is -0.302 e. The number of halogens is 1. The van der Waals surface area contributed by atoms with Gasteiger partial charge < -0.3 is 5.32 Å². The number of hydrogen-bond acceptors (Lipinski definition) is 3. The molecule has 0 bridgehead atoms. The van der Waals surface area contributed by atoms with Gasteiger partial charge in [0.2, 0.25) is 5.91 Å². The van der Waals surface area contributed by atoms with Crippen LogP contribution >= 0.6 is 22.9 Å². The minimum absolute atomic E-state index is 0.0311. The summed E-state index contributed by atoms with van der Waals surface area (Å²) in [5.74, 6) is 0.362. The lowest BCUT2D eigenvalue weighted by Crippen LogP contribution is -2.14. The van der Waals surface area contributed by atoms with Gasteiger partial charge in [-0.15, -0.1) is 11.3 Å². The summed E-state index contributed by atoms with van der Waals surface area (Å²) in [7, 11) is 0. The average molecular weight is 319 g/mol. The number of aryl methyl sites for hydroxylation is 2. The molecule has 1 amide bonds. The van der Waals surface area contributed by atoms with Crippen LogP contribution in [0.25, 0.3) is 0 Å². The molecule has 1 aromatic heterocycles. The summed E-state index contributed by atoms with van der Waals surface area (Å²) >= 11 is 7.82. The van der Waals surface area contributed by atoms with Gasteiger partial charge in [-0.1, -0.05) is 29.8 Å². The molecule has 1 aromatic carbocycles. The Labute approximate surface area is 132 Å². The van der Waals surface area contributed by atoms with E-state index in [1.54, 1.807) is 11.3 Å². The number of rotatable bonds is 3. The molecule has 1 N–H and O–H groups in total. The first kappa shape index (κ1) is 13.3. The normalized spacial score (nSPS) is 22.9. The molecule has 4 rings (SSSR count). The molecule has 5 heteroatoms. The summed E-state index contributed by atoms with van der Waals surface area (Å²) in [4.78, 5) is 18.2. The maximum Gasteiger partial charge on any atom is 0.229 e. The van der Waals surface area contributed by atoms with Crippen LogP contribution in [-0.4, -0.2) is 10.9 Å². The largest absolute Gasteiger partial charge is 0.302 e. The summed E-state index contributed by atoms with van der Waals surface area (Å²) < 4.78 is 0. The summed E-state index contributed by atoms with van der Waals surface area (Å²) in [5, 5.41) is 4.49. The number of anilines is 1. The molecule has 1 heterocycles. The number of benzene rings is 1. The van der Waals surface area contributed by atoms with Crippen LogP contribution in [0, 0.1) is 5.92 Å². The van der Waals surface area contributed by atoms with Crippen molar-refractivity contribution in [2.24, 2.45) is 5.92 Å². The van der Waals surface area contributed by atoms with Crippen molar-refractivity contribution in [1.29, 1.82) is 0 Å². The van der Waals surface area contributed by atoms with Gasteiger partial charge in [0.15, 0.2) is 5.13 Å². The van der Waals surface area contributed by atoms with Crippen molar-refractivity contribution in [3.63, 3.8) is 0 Å². The SMILES string of the molecule is O=C(Nc1nc2c(s1)CCC2)[C@H]1C[C@@H]1c1ccccc1Cl. The monoisotopic (exact) mass is 318 g/mol. The van der Waals surface area contributed by atoms with E-state index in [0.717, 1.165) is 35.0 Å². The van der Waals surface area contributed by atoms with Gasteiger partial charge in [0.25, 0.3) is 0 Å². The summed E-state index contributed by atoms with van der Waals surface area (Å²) in [6.45, 7) is 0. The van der Waals surface area contributed by atoms with Gasteiger partial charge in [-0.3, -0.25) is 4.79 Å². The van der Waals surface area contributed by atoms with E-state index in [2.05, 4.69) is 10.3 Å². The molecule has 108 valence electrons. The first-order chi connectivity index (χ1) is 10.2. The molecular formula is C16H15ClN2OS. The number of carbonyl (C=O) groups is 1. The third-order valence-electron chi connectivity index (χ3n) is 4.26. The third-order valence-corrected chi connectivity index (χ3v) is 5.67. The number of aromatic nitrogens is 1. The highest BCUT2D eigenvalue weighted by Crippen LogP contribution is 2.50. The fraction of sp³-hybridized carbons (Fsp3) is 0.375. The lowest BCUT2D eigenvalue weighted by molar-refractivity contribution is -0.117. The highest BCUT2D eigenvalue weighted by Gasteiger charge is 2.45. The molecular weight excluding hydrogens is 304 g/mol. The van der Waals surface area contributed by atoms with Crippen LogP contribution in [0.4, 0.5) is 5.13 Å². The molecule has 0 saturated heterocycles. The van der Waals surface area contributed by atoms with E-state index in [0.29, 0.717) is 0 Å². The molecule has 0 unspecified atom stereocenters. The third kappa shape index (κ3) is 2.47. The molecule has 2 atom stereocenters. The van der Waals surface area contributed by atoms with Crippen molar-refractivity contribution in [3.8, 4) is 0 Å². The molecule has 2 aliphatic rings. The molecule has 0 aliphatic heterocycles. The predicted molar refractivity (Wildman–Crippen MR) is 85.1 cm³/mol. The van der Waals surface area contributed by atoms with E-state index in [1.165, 1.54) is 17.0 Å². The topological polar surface area (TPSA) is 42.0 Å². The highest BCUT2D eigenvalue weighted by molar-refractivity contribution is 7.15. The van der Waals surface area contributed by atoms with Crippen LogP contribution in [0.5, 0.6) is 0 Å². The zero-order chi connectivity index (χ0) is 14.4. The van der Waals surface area contributed by atoms with Crippen molar-refractivity contribution in [1.82, 2.24) is 4.98 Å². The van der Waals surface area contributed by atoms with Crippen LogP contribution in [0.3, 0.4) is 0 Å². The number of nitrogens with one attached hydrogen (secondary N) is 1. The summed E-state index contributed by atoms with van der Waals surface area (Å²) in [5.41, 5.74) is 2.26. The van der Waals surface area contributed by atoms with Gasteiger partial charge in [-0.05, 0) is 43.2 Å². The Balaban J connectivity index is 1.44. The number of nitrogens with zero attached hydrogens (tertiary/aromatic N) is 1. The van der Waals surface area contributed by atoms with Crippen molar-refractivity contribution in [2.45, 2.75) is 31.6 Å². The fourth-order valence-electron chi connectivity index (χ4n) is 3.05. The van der Waals surface area contributed by atoms with E-state index >= 15 is 0 Å². The maximum absolute atomic E-state index is 12.3. The zero-order valence-corrected chi connectivity index (χ0v) is 13.0. The Morgan fingerprint density at radius 1 is 1.33 bits per heavy atom. The lowest BCUT2D eigenvalue weighted by atomic mass is 10.1. The van der Waals surface area contributed by atoms with E-state index in [4.69, 9.17) is 11.6 Å². The Morgan fingerprint density at radius 2 is 2.19 bits per heavy atom. The smallest absolute Gasteiger partial charge is 0.229 e. The molecule has 1 fully saturated rings. The van der Waals surface area contributed by atoms with Gasteiger partial charge >= 0.3 is 0 Å². The quantitative estimate of drug-likeness (QED) is 0.928. The number of fused-ring (bicyclic) bond motifs is 1. The van der Waals surface area contributed by atoms with Crippen molar-refractivity contribution in [3.05, 3.63) is 45.4 Å². The first-order valence-electron chi connectivity index (χ1n) is 7.26. The highest BCUT2D eigenvalue weighted by atomic mass is 35.5. The van der Waals surface area contributed by atoms with Crippen LogP contribution in [-0.2, 0) is 17.6 Å². The number of amides is 1. The van der Waals surface area contributed by atoms with Crippen LogP contribution in [0.1, 0.15) is 34.9 Å². The minimum atomic E-state index is 0.0311. The maximum atomic E-state index is 12.3. The second-order valence-electron chi connectivity index (χ2n) is 5.70. The van der Waals surface area contributed by atoms with Gasteiger partial charge in [-0.2, -0.15) is 0 Å². The molecule has 21 heavy (non-hydrogen) atoms. The molecule has 0 radical (unpaired) electrons. The molecule has 0 spiro atoms. The standard InChI is InChI=1S/C16H15ClN2OS/c17-12-5-2-1-4-9(12)10-8-11(10)15(20)19-16-18-13-6-3-7-14(13)21-16/h1-2,4-5,10-11H,3,6-8H2,(H,18,19,20)/t10-,11+/m1/s1. The van der Waals surface area contributed by atoms with Crippen LogP contribution in [0.15, 0.2) is 24.3 Å². The number of thiazole rings is 1. The first-order valence-corrected chi connectivity index (χ1v) is 8.45. The number of carbonyl (C=O) groups excluding carboxylic acids is 1. The molecule has 3 nitrogen and oxygen atoms in total. The summed E-state index contributed by atoms with van der Waals surface area (Å²) in [6, 6.07) is 7.79. The summed E-state index contributed by atoms with van der Waals surface area (Å²) in [6.07, 6.45) is 4.22. The Bertz CT molecular complexity index is 691. The van der Waals surface area contributed by atoms with Crippen molar-refractivity contribution < 1.29 is 4.79 Å². The van der Waals surface area contributed by atoms with Crippen molar-refractivity contribution in [2.75, 3.05) is 5.32 Å². The predicted octanol–water partition coefficient (Wildman–Crippen LogP) is 4.03. The Kier molecular flexibility index (Phi) is 3.23. The molecule has 1 saturated carbocycles. The van der Waals surface area contributed by atoms with Crippen LogP contribution in [0.2, 0.25) is 5.02 Å². The van der Waals surface area contributed by atoms with Crippen LogP contribution < -0.4 is 5.32 Å². The van der Waals surface area contributed by atoms with Gasteiger partial charge in [0.05, 0.1) is 5.69 Å². The lowest BCUT2D eigenvalue weighted by Gasteiger charge is -2.03. The van der Waals surface area contributed by atoms with Crippen molar-refractivity contribution >= 4 is 34.0 Å². The van der Waals surface area contributed by atoms with Gasteiger partial charge in [-0.25, -0.2) is 4.98 Å². The van der Waals surface area contributed by atoms with E-state index in [1.807, 2.05) is 24.3 Å². The fourth-order valence-corrected chi connectivity index (χ4v) is 4.37. The average Bonchev–Trinajstić information content (AvgIpc) is 2.99. The second kappa shape index (κ2) is 5.11. The molecule has 2 aromatic rings.